The van der Waals surface area contributed by atoms with Crippen LogP contribution in [0, 0.1) is 0 Å². The lowest BCUT2D eigenvalue weighted by atomic mass is 10.0. The summed E-state index contributed by atoms with van der Waals surface area (Å²) in [5.41, 5.74) is 5.92. The summed E-state index contributed by atoms with van der Waals surface area (Å²) in [6, 6.07) is 8.22. The Morgan fingerprint density at radius 3 is 3.06 bits per heavy atom. The van der Waals surface area contributed by atoms with Gasteiger partial charge in [-0.2, -0.15) is 5.10 Å². The first-order valence-electron chi connectivity index (χ1n) is 6.34. The molecule has 2 aliphatic heterocycles. The summed E-state index contributed by atoms with van der Waals surface area (Å²) in [6.45, 7) is 2.02. The van der Waals surface area contributed by atoms with Crippen LogP contribution in [0.25, 0.3) is 10.9 Å². The number of nitrogens with one attached hydrogen (secondary N) is 2. The van der Waals surface area contributed by atoms with Crippen molar-refractivity contribution < 1.29 is 0 Å². The molecule has 3 heterocycles. The lowest BCUT2D eigenvalue weighted by Gasteiger charge is -2.12. The largest absolute Gasteiger partial charge is 0.313 e. The molecule has 18 heavy (non-hydrogen) atoms. The van der Waals surface area contributed by atoms with E-state index in [0.29, 0.717) is 0 Å². The number of nitrogens with zero attached hydrogens (tertiary/aromatic N) is 2. The first-order valence-corrected chi connectivity index (χ1v) is 6.34. The Morgan fingerprint density at radius 1 is 1.17 bits per heavy atom. The minimum absolute atomic E-state index is 0.942. The van der Waals surface area contributed by atoms with Crippen LogP contribution in [-0.2, 0) is 0 Å². The molecule has 2 aliphatic rings. The summed E-state index contributed by atoms with van der Waals surface area (Å²) in [6.07, 6.45) is 1.98. The smallest absolute Gasteiger partial charge is 0.114 e. The van der Waals surface area contributed by atoms with Crippen LogP contribution in [-0.4, -0.2) is 29.0 Å². The van der Waals surface area contributed by atoms with Crippen molar-refractivity contribution in [3.05, 3.63) is 41.2 Å². The average Bonchev–Trinajstić information content (AvgIpc) is 3.02. The number of benzene rings is 1. The molecule has 0 radical (unpaired) electrons. The van der Waals surface area contributed by atoms with E-state index in [9.17, 15) is 0 Å². The van der Waals surface area contributed by atoms with E-state index in [1.165, 1.54) is 16.7 Å². The molecule has 0 aliphatic carbocycles. The molecule has 0 saturated heterocycles. The number of H-pyrrole nitrogens is 1. The topological polar surface area (TPSA) is 53.1 Å². The van der Waals surface area contributed by atoms with Gasteiger partial charge in [0.05, 0.1) is 11.2 Å². The van der Waals surface area contributed by atoms with Crippen LogP contribution in [0.4, 0.5) is 0 Å². The molecule has 0 saturated carbocycles. The van der Waals surface area contributed by atoms with Crippen molar-refractivity contribution in [2.75, 3.05) is 13.1 Å². The molecule has 1 aromatic heterocycles. The minimum atomic E-state index is 0.942. The van der Waals surface area contributed by atoms with E-state index >= 15 is 0 Å². The fourth-order valence-electron chi connectivity index (χ4n) is 2.75. The van der Waals surface area contributed by atoms with Crippen molar-refractivity contribution in [1.82, 2.24) is 15.5 Å². The van der Waals surface area contributed by atoms with Gasteiger partial charge in [0.2, 0.25) is 0 Å². The van der Waals surface area contributed by atoms with Gasteiger partial charge in [-0.15, -0.1) is 0 Å². The molecule has 0 unspecified atom stereocenters. The molecular weight excluding hydrogens is 224 g/mol. The first-order chi connectivity index (χ1) is 8.92. The fourth-order valence-corrected chi connectivity index (χ4v) is 2.75. The molecule has 2 N–H and O–H groups in total. The van der Waals surface area contributed by atoms with Crippen LogP contribution in [0.15, 0.2) is 40.5 Å². The van der Waals surface area contributed by atoms with Gasteiger partial charge in [0.25, 0.3) is 0 Å². The minimum Gasteiger partial charge on any atom is -0.313 e. The Morgan fingerprint density at radius 2 is 2.11 bits per heavy atom. The van der Waals surface area contributed by atoms with Crippen LogP contribution in [0.3, 0.4) is 0 Å². The number of aromatic amines is 1. The Hall–Kier alpha value is -1.94. The van der Waals surface area contributed by atoms with E-state index < -0.39 is 0 Å². The van der Waals surface area contributed by atoms with Crippen LogP contribution in [0.5, 0.6) is 0 Å². The third-order valence-electron chi connectivity index (χ3n) is 3.68. The summed E-state index contributed by atoms with van der Waals surface area (Å²) < 4.78 is 0. The molecule has 2 aromatic rings. The molecule has 90 valence electrons. The van der Waals surface area contributed by atoms with Gasteiger partial charge in [0.1, 0.15) is 5.69 Å². The maximum absolute atomic E-state index is 4.78. The number of hydrogen-bond acceptors (Lipinski definition) is 3. The zero-order valence-corrected chi connectivity index (χ0v) is 10.0. The molecule has 4 rings (SSSR count). The van der Waals surface area contributed by atoms with Crippen molar-refractivity contribution in [3.63, 3.8) is 0 Å². The molecule has 4 nitrogen and oxygen atoms in total. The van der Waals surface area contributed by atoms with E-state index in [2.05, 4.69) is 27.6 Å². The standard InChI is InChI=1S/C14H14N4/c1-2-4-12-10(3-1)14(18-17-12)13-7-9-8-15-6-5-11(9)16-13/h1-4,15H,5-8H2,(H,17,18). The third kappa shape index (κ3) is 1.42. The predicted molar refractivity (Wildman–Crippen MR) is 71.8 cm³/mol. The quantitative estimate of drug-likeness (QED) is 0.798. The SMILES string of the molecule is c1ccc2c(C3=NC4=C(CNCC4)C3)n[nH]c2c1. The van der Waals surface area contributed by atoms with Crippen molar-refractivity contribution in [2.45, 2.75) is 12.8 Å². The fraction of sp³-hybridized carbons (Fsp3) is 0.286. The van der Waals surface area contributed by atoms with Gasteiger partial charge in [-0.05, 0) is 11.6 Å². The molecular formula is C14H14N4. The second-order valence-electron chi connectivity index (χ2n) is 4.83. The Bertz CT molecular complexity index is 678. The van der Waals surface area contributed by atoms with Gasteiger partial charge in [0, 0.05) is 37.0 Å². The van der Waals surface area contributed by atoms with Gasteiger partial charge in [-0.25, -0.2) is 0 Å². The Kier molecular flexibility index (Phi) is 2.11. The van der Waals surface area contributed by atoms with E-state index in [-0.39, 0.29) is 0 Å². The maximum Gasteiger partial charge on any atom is 0.114 e. The number of para-hydroxylation sites is 1. The molecule has 0 spiro atoms. The summed E-state index contributed by atoms with van der Waals surface area (Å²) >= 11 is 0. The van der Waals surface area contributed by atoms with Crippen LogP contribution < -0.4 is 5.32 Å². The third-order valence-corrected chi connectivity index (χ3v) is 3.68. The monoisotopic (exact) mass is 238 g/mol. The van der Waals surface area contributed by atoms with Gasteiger partial charge >= 0.3 is 0 Å². The predicted octanol–water partition coefficient (Wildman–Crippen LogP) is 2.00. The van der Waals surface area contributed by atoms with Crippen molar-refractivity contribution >= 4 is 16.6 Å². The van der Waals surface area contributed by atoms with E-state index in [1.807, 2.05) is 12.1 Å². The normalized spacial score (nSPS) is 19.2. The van der Waals surface area contributed by atoms with Gasteiger partial charge in [-0.1, -0.05) is 18.2 Å². The number of aromatic nitrogens is 2. The number of aliphatic imine (C=N–C) groups is 1. The van der Waals surface area contributed by atoms with Crippen LogP contribution in [0.2, 0.25) is 0 Å². The molecule has 0 bridgehead atoms. The van der Waals surface area contributed by atoms with Crippen LogP contribution in [0.1, 0.15) is 18.5 Å². The molecule has 0 fully saturated rings. The van der Waals surface area contributed by atoms with Gasteiger partial charge in [0.15, 0.2) is 0 Å². The molecule has 1 aromatic carbocycles. The highest BCUT2D eigenvalue weighted by Crippen LogP contribution is 2.28. The summed E-state index contributed by atoms with van der Waals surface area (Å²) in [4.78, 5) is 4.78. The maximum atomic E-state index is 4.78. The zero-order valence-electron chi connectivity index (χ0n) is 10.0. The number of fused-ring (bicyclic) bond motifs is 1. The summed E-state index contributed by atoms with van der Waals surface area (Å²) in [7, 11) is 0. The molecule has 4 heteroatoms. The number of hydrogen-bond donors (Lipinski definition) is 2. The summed E-state index contributed by atoms with van der Waals surface area (Å²) in [5, 5.41) is 12.1. The van der Waals surface area contributed by atoms with Crippen molar-refractivity contribution in [3.8, 4) is 0 Å². The highest BCUT2D eigenvalue weighted by molar-refractivity contribution is 6.11. The lowest BCUT2D eigenvalue weighted by molar-refractivity contribution is 0.675. The highest BCUT2D eigenvalue weighted by atomic mass is 15.1. The average molecular weight is 238 g/mol. The molecule has 0 atom stereocenters. The zero-order chi connectivity index (χ0) is 11.9. The molecule has 0 amide bonds. The van der Waals surface area contributed by atoms with Gasteiger partial charge < -0.3 is 5.32 Å². The van der Waals surface area contributed by atoms with E-state index in [0.717, 1.165) is 42.9 Å². The summed E-state index contributed by atoms with van der Waals surface area (Å²) in [5.74, 6) is 0. The first kappa shape index (κ1) is 10.0. The van der Waals surface area contributed by atoms with E-state index in [1.54, 1.807) is 0 Å². The van der Waals surface area contributed by atoms with E-state index in [4.69, 9.17) is 4.99 Å². The van der Waals surface area contributed by atoms with Crippen molar-refractivity contribution in [2.24, 2.45) is 4.99 Å². The Labute approximate surface area is 105 Å². The second-order valence-corrected chi connectivity index (χ2v) is 4.83. The van der Waals surface area contributed by atoms with Crippen LogP contribution >= 0.6 is 0 Å². The Balaban J connectivity index is 1.77. The highest BCUT2D eigenvalue weighted by Gasteiger charge is 2.23. The van der Waals surface area contributed by atoms with Gasteiger partial charge in [-0.3, -0.25) is 10.1 Å². The van der Waals surface area contributed by atoms with Crippen molar-refractivity contribution in [1.29, 1.82) is 0 Å². The number of rotatable bonds is 1. The second kappa shape index (κ2) is 3.78. The lowest BCUT2D eigenvalue weighted by Crippen LogP contribution is -2.23.